The summed E-state index contributed by atoms with van der Waals surface area (Å²) >= 11 is 0. The number of carbonyl (C=O) groups is 2. The van der Waals surface area contributed by atoms with Gasteiger partial charge in [0.1, 0.15) is 12.2 Å². The Morgan fingerprint density at radius 1 is 1.04 bits per heavy atom. The summed E-state index contributed by atoms with van der Waals surface area (Å²) in [6.45, 7) is 16.3. The van der Waals surface area contributed by atoms with Gasteiger partial charge in [0.25, 0.3) is 0 Å². The maximum absolute atomic E-state index is 10.8. The number of hydrogen-bond donors (Lipinski definition) is 1. The second kappa shape index (κ2) is 15.9. The van der Waals surface area contributed by atoms with Gasteiger partial charge in [-0.05, 0) is 40.5 Å². The number of benzene rings is 1. The van der Waals surface area contributed by atoms with Crippen molar-refractivity contribution >= 4 is 12.1 Å². The van der Waals surface area contributed by atoms with Gasteiger partial charge >= 0.3 is 12.1 Å². The molecule has 1 amide bonds. The molecule has 0 spiro atoms. The smallest absolute Gasteiger partial charge is 0.405 e. The molecule has 0 aliphatic carbocycles. The number of hydrogen-bond acceptors (Lipinski definition) is 5. The lowest BCUT2D eigenvalue weighted by Crippen LogP contribution is -2.27. The Kier molecular flexibility index (Phi) is 16.0. The number of aryl methyl sites for hydroxylation is 1. The van der Waals surface area contributed by atoms with Crippen LogP contribution >= 0.6 is 0 Å². The molecule has 2 N–H and O–H groups in total. The van der Waals surface area contributed by atoms with Gasteiger partial charge in [0.05, 0.1) is 6.10 Å². The molecular weight excluding hydrogens is 358 g/mol. The van der Waals surface area contributed by atoms with Crippen LogP contribution in [0.4, 0.5) is 4.79 Å². The highest BCUT2D eigenvalue weighted by molar-refractivity contribution is 5.68. The van der Waals surface area contributed by atoms with Crippen molar-refractivity contribution in [2.45, 2.75) is 73.5 Å². The largest absolute Gasteiger partial charge is 0.463 e. The van der Waals surface area contributed by atoms with E-state index in [0.29, 0.717) is 25.6 Å². The molecule has 0 aliphatic rings. The molecule has 0 bridgehead atoms. The van der Waals surface area contributed by atoms with Crippen LogP contribution in [0.2, 0.25) is 0 Å². The predicted molar refractivity (Wildman–Crippen MR) is 113 cm³/mol. The molecule has 1 aromatic rings. The highest BCUT2D eigenvalue weighted by atomic mass is 16.6. The zero-order chi connectivity index (χ0) is 22.2. The monoisotopic (exact) mass is 397 g/mol. The van der Waals surface area contributed by atoms with E-state index in [0.717, 1.165) is 0 Å². The first-order valence-corrected chi connectivity index (χ1v) is 9.64. The van der Waals surface area contributed by atoms with Crippen molar-refractivity contribution in [1.82, 2.24) is 0 Å². The van der Waals surface area contributed by atoms with Gasteiger partial charge < -0.3 is 19.9 Å². The minimum absolute atomic E-state index is 0.00194. The standard InChI is InChI=1S/C10H20O3.C7H8.C5H11NO2/c1-5-10(11)13-7-9(4)12-6-8(2)3;1-7-5-3-2-4-6-7;1-5(2,3)8-4(6)7/h8-9H,5-7H2,1-4H3;2-6H,1H3;1-3H3,(H2,6,7). The molecule has 0 radical (unpaired) electrons. The highest BCUT2D eigenvalue weighted by Gasteiger charge is 2.12. The number of rotatable bonds is 6. The van der Waals surface area contributed by atoms with Crippen molar-refractivity contribution in [3.63, 3.8) is 0 Å². The predicted octanol–water partition coefficient (Wildman–Crippen LogP) is 4.88. The lowest BCUT2D eigenvalue weighted by molar-refractivity contribution is -0.147. The first-order valence-electron chi connectivity index (χ1n) is 9.64. The second-order valence-electron chi connectivity index (χ2n) is 7.76. The van der Waals surface area contributed by atoms with Gasteiger partial charge in [0.2, 0.25) is 0 Å². The number of esters is 1. The van der Waals surface area contributed by atoms with E-state index in [1.165, 1.54) is 5.56 Å². The summed E-state index contributed by atoms with van der Waals surface area (Å²) < 4.78 is 14.9. The summed E-state index contributed by atoms with van der Waals surface area (Å²) in [5.41, 5.74) is 5.59. The molecule has 1 atom stereocenters. The average molecular weight is 398 g/mol. The van der Waals surface area contributed by atoms with Crippen LogP contribution in [0.1, 0.15) is 60.5 Å². The molecule has 0 fully saturated rings. The molecule has 162 valence electrons. The summed E-state index contributed by atoms with van der Waals surface area (Å²) in [7, 11) is 0. The van der Waals surface area contributed by atoms with Gasteiger partial charge in [-0.3, -0.25) is 4.79 Å². The molecule has 28 heavy (non-hydrogen) atoms. The van der Waals surface area contributed by atoms with Gasteiger partial charge in [-0.1, -0.05) is 56.7 Å². The second-order valence-corrected chi connectivity index (χ2v) is 7.76. The SMILES string of the molecule is CC(C)(C)OC(N)=O.CCC(=O)OCC(C)OCC(C)C.Cc1ccccc1. The molecule has 0 aromatic heterocycles. The van der Waals surface area contributed by atoms with Crippen LogP contribution in [-0.4, -0.2) is 37.0 Å². The van der Waals surface area contributed by atoms with Crippen LogP contribution in [0.5, 0.6) is 0 Å². The number of carbonyl (C=O) groups excluding carboxylic acids is 2. The van der Waals surface area contributed by atoms with E-state index in [1.54, 1.807) is 27.7 Å². The number of amides is 1. The molecular formula is C22H39NO5. The molecule has 0 aliphatic heterocycles. The number of ether oxygens (including phenoxy) is 3. The third-order valence-electron chi connectivity index (χ3n) is 2.83. The maximum Gasteiger partial charge on any atom is 0.405 e. The molecule has 1 rings (SSSR count). The van der Waals surface area contributed by atoms with Gasteiger partial charge in [-0.2, -0.15) is 0 Å². The van der Waals surface area contributed by atoms with Crippen molar-refractivity contribution in [2.24, 2.45) is 11.7 Å². The summed E-state index contributed by atoms with van der Waals surface area (Å²) in [5, 5.41) is 0. The van der Waals surface area contributed by atoms with Crippen molar-refractivity contribution in [3.8, 4) is 0 Å². The van der Waals surface area contributed by atoms with Crippen LogP contribution < -0.4 is 5.73 Å². The zero-order valence-corrected chi connectivity index (χ0v) is 18.8. The molecule has 0 saturated carbocycles. The minimum atomic E-state index is -0.725. The molecule has 1 unspecified atom stereocenters. The Labute approximate surface area is 170 Å². The summed E-state index contributed by atoms with van der Waals surface area (Å²) in [6.07, 6.45) is -0.299. The summed E-state index contributed by atoms with van der Waals surface area (Å²) in [6, 6.07) is 10.3. The van der Waals surface area contributed by atoms with Crippen molar-refractivity contribution < 1.29 is 23.8 Å². The molecule has 1 aromatic carbocycles. The molecule has 0 saturated heterocycles. The fraction of sp³-hybridized carbons (Fsp3) is 0.636. The summed E-state index contributed by atoms with van der Waals surface area (Å²) in [4.78, 5) is 20.8. The Morgan fingerprint density at radius 3 is 1.86 bits per heavy atom. The third-order valence-corrected chi connectivity index (χ3v) is 2.83. The highest BCUT2D eigenvalue weighted by Crippen LogP contribution is 2.04. The first kappa shape index (κ1) is 28.1. The average Bonchev–Trinajstić information content (AvgIpc) is 2.57. The van der Waals surface area contributed by atoms with Crippen LogP contribution in [0.25, 0.3) is 0 Å². The van der Waals surface area contributed by atoms with Crippen LogP contribution in [0.3, 0.4) is 0 Å². The minimum Gasteiger partial charge on any atom is -0.463 e. The van der Waals surface area contributed by atoms with Gasteiger partial charge in [-0.15, -0.1) is 0 Å². The zero-order valence-electron chi connectivity index (χ0n) is 18.8. The van der Waals surface area contributed by atoms with Crippen LogP contribution in [0, 0.1) is 12.8 Å². The van der Waals surface area contributed by atoms with Crippen molar-refractivity contribution in [3.05, 3.63) is 35.9 Å². The Morgan fingerprint density at radius 2 is 1.57 bits per heavy atom. The van der Waals surface area contributed by atoms with E-state index < -0.39 is 11.7 Å². The van der Waals surface area contributed by atoms with Gasteiger partial charge in [-0.25, -0.2) is 4.79 Å². The topological polar surface area (TPSA) is 87.9 Å². The first-order chi connectivity index (χ1) is 12.9. The Balaban J connectivity index is 0. The Bertz CT molecular complexity index is 523. The lowest BCUT2D eigenvalue weighted by atomic mass is 10.2. The molecule has 6 nitrogen and oxygen atoms in total. The van der Waals surface area contributed by atoms with E-state index in [4.69, 9.17) is 15.2 Å². The number of nitrogens with two attached hydrogens (primary N) is 1. The maximum atomic E-state index is 10.8. The van der Waals surface area contributed by atoms with E-state index in [1.807, 2.05) is 25.1 Å². The van der Waals surface area contributed by atoms with Crippen molar-refractivity contribution in [1.29, 1.82) is 0 Å². The Hall–Kier alpha value is -2.08. The van der Waals surface area contributed by atoms with E-state index in [-0.39, 0.29) is 12.1 Å². The van der Waals surface area contributed by atoms with Crippen LogP contribution in [-0.2, 0) is 19.0 Å². The fourth-order valence-electron chi connectivity index (χ4n) is 1.55. The molecule has 6 heteroatoms. The van der Waals surface area contributed by atoms with E-state index in [2.05, 4.69) is 37.6 Å². The van der Waals surface area contributed by atoms with Gasteiger partial charge in [0, 0.05) is 13.0 Å². The van der Waals surface area contributed by atoms with Gasteiger partial charge in [0.15, 0.2) is 0 Å². The molecule has 0 heterocycles. The normalized spacial score (nSPS) is 11.3. The lowest BCUT2D eigenvalue weighted by Gasteiger charge is -2.16. The fourth-order valence-corrected chi connectivity index (χ4v) is 1.55. The van der Waals surface area contributed by atoms with Crippen molar-refractivity contribution in [2.75, 3.05) is 13.2 Å². The number of primary amides is 1. The van der Waals surface area contributed by atoms with E-state index in [9.17, 15) is 9.59 Å². The van der Waals surface area contributed by atoms with E-state index >= 15 is 0 Å². The third kappa shape index (κ3) is 23.9. The quantitative estimate of drug-likeness (QED) is 0.691. The summed E-state index contributed by atoms with van der Waals surface area (Å²) in [5.74, 6) is 0.351. The van der Waals surface area contributed by atoms with Crippen LogP contribution in [0.15, 0.2) is 30.3 Å².